The molecule has 1 fully saturated rings. The Morgan fingerprint density at radius 1 is 1.05 bits per heavy atom. The number of nitrogens with zero attached hydrogens (tertiary/aromatic N) is 1. The van der Waals surface area contributed by atoms with Crippen molar-refractivity contribution in [2.45, 2.75) is 13.5 Å². The lowest BCUT2D eigenvalue weighted by molar-refractivity contribution is -0.127. The SMILES string of the molecule is COc1cc(/C=C2/SC(=O)N(CC(=O)Nc3ccccc3Cl)C2=O)cc(Cl)c1OCc1ccc(C)cc1. The van der Waals surface area contributed by atoms with Gasteiger partial charge in [-0.1, -0.05) is 65.2 Å². The Hall–Kier alpha value is -3.46. The molecular formula is C27H22Cl2N2O5S. The Morgan fingerprint density at radius 3 is 2.49 bits per heavy atom. The van der Waals surface area contributed by atoms with E-state index in [1.165, 1.54) is 13.2 Å². The van der Waals surface area contributed by atoms with Crippen LogP contribution in [-0.4, -0.2) is 35.6 Å². The molecule has 4 rings (SSSR count). The first-order valence-corrected chi connectivity index (χ1v) is 12.7. The molecule has 1 heterocycles. The summed E-state index contributed by atoms with van der Waals surface area (Å²) in [6.07, 6.45) is 1.52. The number of carbonyl (C=O) groups excluding carboxylic acids is 3. The minimum Gasteiger partial charge on any atom is -0.493 e. The molecule has 3 aromatic rings. The molecule has 10 heteroatoms. The lowest BCUT2D eigenvalue weighted by Crippen LogP contribution is -2.36. The summed E-state index contributed by atoms with van der Waals surface area (Å²) in [5.41, 5.74) is 3.05. The van der Waals surface area contributed by atoms with Crippen molar-refractivity contribution in [3.05, 3.63) is 92.3 Å². The minimum atomic E-state index is -0.584. The number of para-hydroxylation sites is 1. The number of thioether (sulfide) groups is 1. The number of methoxy groups -OCH3 is 1. The molecule has 7 nitrogen and oxygen atoms in total. The van der Waals surface area contributed by atoms with Gasteiger partial charge in [0.25, 0.3) is 11.1 Å². The molecule has 1 aliphatic heterocycles. The van der Waals surface area contributed by atoms with Crippen molar-refractivity contribution in [1.82, 2.24) is 4.90 Å². The van der Waals surface area contributed by atoms with Gasteiger partial charge in [-0.05, 0) is 60.2 Å². The predicted octanol–water partition coefficient (Wildman–Crippen LogP) is 6.56. The van der Waals surface area contributed by atoms with E-state index < -0.39 is 23.6 Å². The maximum absolute atomic E-state index is 12.9. The van der Waals surface area contributed by atoms with Crippen molar-refractivity contribution in [1.29, 1.82) is 0 Å². The monoisotopic (exact) mass is 556 g/mol. The molecule has 3 amide bonds. The molecule has 0 unspecified atom stereocenters. The lowest BCUT2D eigenvalue weighted by Gasteiger charge is -2.14. The highest BCUT2D eigenvalue weighted by Crippen LogP contribution is 2.39. The van der Waals surface area contributed by atoms with E-state index in [1.807, 2.05) is 31.2 Å². The summed E-state index contributed by atoms with van der Waals surface area (Å²) in [6.45, 7) is 1.86. The largest absolute Gasteiger partial charge is 0.493 e. The van der Waals surface area contributed by atoms with Gasteiger partial charge in [0.05, 0.1) is 27.7 Å². The van der Waals surface area contributed by atoms with E-state index in [-0.39, 0.29) is 9.93 Å². The van der Waals surface area contributed by atoms with E-state index >= 15 is 0 Å². The van der Waals surface area contributed by atoms with Gasteiger partial charge in [0.15, 0.2) is 11.5 Å². The topological polar surface area (TPSA) is 84.9 Å². The van der Waals surface area contributed by atoms with Crippen LogP contribution in [0.25, 0.3) is 6.08 Å². The zero-order valence-electron chi connectivity index (χ0n) is 19.9. The van der Waals surface area contributed by atoms with E-state index in [0.717, 1.165) is 27.8 Å². The van der Waals surface area contributed by atoms with Crippen molar-refractivity contribution in [2.75, 3.05) is 19.0 Å². The Kier molecular flexibility index (Phi) is 8.43. The fourth-order valence-corrected chi connectivity index (χ4v) is 4.78. The summed E-state index contributed by atoms with van der Waals surface area (Å²) >= 11 is 13.3. The zero-order valence-corrected chi connectivity index (χ0v) is 22.2. The van der Waals surface area contributed by atoms with E-state index in [0.29, 0.717) is 34.4 Å². The molecule has 1 N–H and O–H groups in total. The Morgan fingerprint density at radius 2 is 1.78 bits per heavy atom. The van der Waals surface area contributed by atoms with Crippen LogP contribution in [0.3, 0.4) is 0 Å². The second-order valence-corrected chi connectivity index (χ2v) is 9.91. The van der Waals surface area contributed by atoms with Crippen molar-refractivity contribution >= 4 is 63.8 Å². The molecule has 0 bridgehead atoms. The summed E-state index contributed by atoms with van der Waals surface area (Å²) in [7, 11) is 1.49. The van der Waals surface area contributed by atoms with Crippen LogP contribution in [0.15, 0.2) is 65.6 Å². The van der Waals surface area contributed by atoms with Crippen LogP contribution < -0.4 is 14.8 Å². The fraction of sp³-hybridized carbons (Fsp3) is 0.148. The second-order valence-electron chi connectivity index (χ2n) is 8.10. The van der Waals surface area contributed by atoms with Crippen LogP contribution in [0.2, 0.25) is 10.0 Å². The predicted molar refractivity (Wildman–Crippen MR) is 146 cm³/mol. The highest BCUT2D eigenvalue weighted by molar-refractivity contribution is 8.18. The van der Waals surface area contributed by atoms with Gasteiger partial charge >= 0.3 is 0 Å². The number of carbonyl (C=O) groups is 3. The van der Waals surface area contributed by atoms with Crippen LogP contribution in [0.4, 0.5) is 10.5 Å². The molecule has 190 valence electrons. The van der Waals surface area contributed by atoms with Crippen LogP contribution in [-0.2, 0) is 16.2 Å². The number of ether oxygens (including phenoxy) is 2. The molecular weight excluding hydrogens is 535 g/mol. The number of rotatable bonds is 8. The van der Waals surface area contributed by atoms with Gasteiger partial charge < -0.3 is 14.8 Å². The van der Waals surface area contributed by atoms with Crippen LogP contribution >= 0.6 is 35.0 Å². The summed E-state index contributed by atoms with van der Waals surface area (Å²) in [4.78, 5) is 38.8. The summed E-state index contributed by atoms with van der Waals surface area (Å²) in [5, 5.41) is 2.69. The van der Waals surface area contributed by atoms with E-state index in [4.69, 9.17) is 32.7 Å². The maximum atomic E-state index is 12.9. The molecule has 1 saturated heterocycles. The number of imide groups is 1. The molecule has 0 aromatic heterocycles. The van der Waals surface area contributed by atoms with E-state index in [1.54, 1.807) is 36.4 Å². The molecule has 37 heavy (non-hydrogen) atoms. The smallest absolute Gasteiger partial charge is 0.294 e. The van der Waals surface area contributed by atoms with Gasteiger partial charge in [0.2, 0.25) is 5.91 Å². The second kappa shape index (κ2) is 11.7. The summed E-state index contributed by atoms with van der Waals surface area (Å²) in [6, 6.07) is 17.9. The van der Waals surface area contributed by atoms with Gasteiger partial charge in [-0.3, -0.25) is 19.3 Å². The molecule has 0 aliphatic carbocycles. The quantitative estimate of drug-likeness (QED) is 0.316. The summed E-state index contributed by atoms with van der Waals surface area (Å²) < 4.78 is 11.4. The minimum absolute atomic E-state index is 0.155. The van der Waals surface area contributed by atoms with Gasteiger partial charge in [0, 0.05) is 0 Å². The number of hydrogen-bond acceptors (Lipinski definition) is 6. The molecule has 0 saturated carbocycles. The van der Waals surface area contributed by atoms with Gasteiger partial charge in [0.1, 0.15) is 13.2 Å². The van der Waals surface area contributed by atoms with E-state index in [2.05, 4.69) is 5.32 Å². The maximum Gasteiger partial charge on any atom is 0.294 e. The number of halogens is 2. The Labute approximate surface area is 228 Å². The number of nitrogens with one attached hydrogen (secondary N) is 1. The average molecular weight is 557 g/mol. The van der Waals surface area contributed by atoms with Crippen molar-refractivity contribution in [2.24, 2.45) is 0 Å². The number of aryl methyl sites for hydroxylation is 1. The normalized spacial score (nSPS) is 14.3. The van der Waals surface area contributed by atoms with Crippen LogP contribution in [0, 0.1) is 6.92 Å². The number of anilines is 1. The standard InChI is InChI=1S/C27H22Cl2N2O5S/c1-16-7-9-17(10-8-16)15-36-25-20(29)11-18(12-22(25)35-2)13-23-26(33)31(27(34)37-23)14-24(32)30-21-6-4-3-5-19(21)28/h3-13H,14-15H2,1-2H3,(H,30,32)/b23-13+. The van der Waals surface area contributed by atoms with Gasteiger partial charge in [-0.25, -0.2) is 0 Å². The van der Waals surface area contributed by atoms with Gasteiger partial charge in [-0.2, -0.15) is 0 Å². The first-order valence-electron chi connectivity index (χ1n) is 11.1. The first-order chi connectivity index (χ1) is 17.7. The first kappa shape index (κ1) is 26.6. The molecule has 1 aliphatic rings. The Balaban J connectivity index is 1.47. The number of amides is 3. The number of hydrogen-bond donors (Lipinski definition) is 1. The zero-order chi connectivity index (χ0) is 26.5. The fourth-order valence-electron chi connectivity index (χ4n) is 3.49. The van der Waals surface area contributed by atoms with Crippen molar-refractivity contribution < 1.29 is 23.9 Å². The molecule has 0 radical (unpaired) electrons. The van der Waals surface area contributed by atoms with Crippen molar-refractivity contribution in [3.63, 3.8) is 0 Å². The molecule has 0 atom stereocenters. The third-order valence-electron chi connectivity index (χ3n) is 5.38. The highest BCUT2D eigenvalue weighted by atomic mass is 35.5. The lowest BCUT2D eigenvalue weighted by atomic mass is 10.1. The Bertz CT molecular complexity index is 1390. The molecule has 3 aromatic carbocycles. The summed E-state index contributed by atoms with van der Waals surface area (Å²) in [5.74, 6) is -0.383. The van der Waals surface area contributed by atoms with Crippen LogP contribution in [0.5, 0.6) is 11.5 Å². The third kappa shape index (κ3) is 6.46. The molecule has 0 spiro atoms. The van der Waals surface area contributed by atoms with Gasteiger partial charge in [-0.15, -0.1) is 0 Å². The van der Waals surface area contributed by atoms with Crippen molar-refractivity contribution in [3.8, 4) is 11.5 Å². The highest BCUT2D eigenvalue weighted by Gasteiger charge is 2.36. The van der Waals surface area contributed by atoms with Crippen LogP contribution in [0.1, 0.15) is 16.7 Å². The third-order valence-corrected chi connectivity index (χ3v) is 6.89. The average Bonchev–Trinajstić information content (AvgIpc) is 3.12. The number of benzene rings is 3. The van der Waals surface area contributed by atoms with E-state index in [9.17, 15) is 14.4 Å².